The van der Waals surface area contributed by atoms with E-state index in [2.05, 4.69) is 46.2 Å². The smallest absolute Gasteiger partial charge is 0.408 e. The van der Waals surface area contributed by atoms with Crippen LogP contribution in [0.25, 0.3) is 32.9 Å². The number of nitrogens with one attached hydrogen (secondary N) is 4. The van der Waals surface area contributed by atoms with Crippen molar-refractivity contribution in [3.63, 3.8) is 0 Å². The lowest BCUT2D eigenvalue weighted by Gasteiger charge is -2.19. The largest absolute Gasteiger partial charge is 0.459 e. The van der Waals surface area contributed by atoms with E-state index in [1.54, 1.807) is 87.8 Å². The number of carbonyl (C=O) groups is 5. The molecule has 0 radical (unpaired) electrons. The normalized spacial score (nSPS) is 10.9. The summed E-state index contributed by atoms with van der Waals surface area (Å²) in [6, 6.07) is 17.7. The lowest BCUT2D eigenvalue weighted by Crippen LogP contribution is -2.32. The molecule has 5 aromatic heterocycles. The first-order valence-corrected chi connectivity index (χ1v) is 23.3. The van der Waals surface area contributed by atoms with Gasteiger partial charge in [-0.25, -0.2) is 19.6 Å². The molecule has 0 aliphatic heterocycles. The van der Waals surface area contributed by atoms with Crippen LogP contribution in [-0.4, -0.2) is 84.3 Å². The molecule has 77 heavy (non-hydrogen) atoms. The summed E-state index contributed by atoms with van der Waals surface area (Å²) in [5.74, 6) is 0.647. The van der Waals surface area contributed by atoms with E-state index < -0.39 is 23.4 Å². The Morgan fingerprint density at radius 1 is 0.584 bits per heavy atom. The summed E-state index contributed by atoms with van der Waals surface area (Å²) in [4.78, 5) is 102. The van der Waals surface area contributed by atoms with E-state index in [-0.39, 0.29) is 94.7 Å². The average molecular weight is 1080 g/mol. The van der Waals surface area contributed by atoms with E-state index in [4.69, 9.17) is 28.5 Å². The molecule has 0 saturated carbocycles. The number of carbonyl (C=O) groups excluding carboxylic acids is 5. The van der Waals surface area contributed by atoms with Gasteiger partial charge < -0.3 is 54.5 Å². The number of nitrogens with two attached hydrogens (primary N) is 1. The second kappa shape index (κ2) is 26.8. The molecule has 0 atom stereocenters. The molecule has 8 rings (SSSR count). The number of hydrogen-bond donors (Lipinski definition) is 5. The molecule has 25 nitrogen and oxygen atoms in total. The topological polar surface area (TPSA) is 339 Å². The number of nitrogens with zero attached hydrogens (tertiary/aromatic N) is 6. The van der Waals surface area contributed by atoms with Crippen molar-refractivity contribution in [3.8, 4) is 5.75 Å². The summed E-state index contributed by atoms with van der Waals surface area (Å²) >= 11 is 0. The lowest BCUT2D eigenvalue weighted by molar-refractivity contribution is -0.120. The Morgan fingerprint density at radius 3 is 1.38 bits per heavy atom. The van der Waals surface area contributed by atoms with Gasteiger partial charge in [-0.15, -0.1) is 12.4 Å². The molecule has 0 fully saturated rings. The molecule has 8 aromatic rings. The molecule has 6 N–H and O–H groups in total. The predicted molar refractivity (Wildman–Crippen MR) is 280 cm³/mol. The van der Waals surface area contributed by atoms with Gasteiger partial charge in [-0.1, -0.05) is 0 Å². The summed E-state index contributed by atoms with van der Waals surface area (Å²) in [6.07, 6.45) is 4.77. The maximum atomic E-state index is 12.5. The Balaban J connectivity index is 0.000000214. The van der Waals surface area contributed by atoms with Crippen molar-refractivity contribution in [2.75, 3.05) is 13.1 Å². The minimum Gasteiger partial charge on any atom is -0.459 e. The van der Waals surface area contributed by atoms with Crippen molar-refractivity contribution in [2.24, 2.45) is 5.73 Å². The van der Waals surface area contributed by atoms with Crippen molar-refractivity contribution < 1.29 is 51.4 Å². The number of fused-ring (bicyclic) bond motifs is 3. The fraction of sp³-hybridized carbons (Fsp3) is 0.294. The van der Waals surface area contributed by atoms with Crippen molar-refractivity contribution in [3.05, 3.63) is 157 Å². The van der Waals surface area contributed by atoms with Gasteiger partial charge >= 0.3 is 12.2 Å². The number of alkyl carbamates (subject to hydrolysis) is 2. The van der Waals surface area contributed by atoms with Crippen molar-refractivity contribution >= 4 is 75.8 Å². The minimum absolute atomic E-state index is 0. The fourth-order valence-corrected chi connectivity index (χ4v) is 6.70. The first-order valence-electron chi connectivity index (χ1n) is 23.3. The Labute approximate surface area is 443 Å². The third-order valence-corrected chi connectivity index (χ3v) is 10.0. The molecule has 0 unspecified atom stereocenters. The second-order valence-corrected chi connectivity index (χ2v) is 18.3. The van der Waals surface area contributed by atoms with Gasteiger partial charge in [-0.2, -0.15) is 10.2 Å². The molecule has 0 aliphatic carbocycles. The highest BCUT2D eigenvalue weighted by Gasteiger charge is 2.19. The highest BCUT2D eigenvalue weighted by Crippen LogP contribution is 2.20. The third-order valence-electron chi connectivity index (χ3n) is 10.0. The number of amides is 4. The summed E-state index contributed by atoms with van der Waals surface area (Å²) in [7, 11) is 0. The van der Waals surface area contributed by atoms with E-state index in [0.717, 1.165) is 0 Å². The molecule has 0 bridgehead atoms. The van der Waals surface area contributed by atoms with Crippen molar-refractivity contribution in [2.45, 2.75) is 85.5 Å². The number of ether oxygens (including phenoxy) is 3. The van der Waals surface area contributed by atoms with Crippen LogP contribution in [0.2, 0.25) is 0 Å². The van der Waals surface area contributed by atoms with Crippen molar-refractivity contribution in [1.82, 2.24) is 50.8 Å². The van der Waals surface area contributed by atoms with E-state index in [9.17, 15) is 38.4 Å². The van der Waals surface area contributed by atoms with Gasteiger partial charge in [0.05, 0.1) is 48.9 Å². The highest BCUT2D eigenvalue weighted by atomic mass is 35.5. The highest BCUT2D eigenvalue weighted by molar-refractivity contribution is 5.98. The predicted octanol–water partition coefficient (Wildman–Crippen LogP) is 4.89. The zero-order chi connectivity index (χ0) is 55.0. The molecular weight excluding hydrogens is 1030 g/mol. The van der Waals surface area contributed by atoms with Gasteiger partial charge in [0.15, 0.2) is 16.3 Å². The van der Waals surface area contributed by atoms with Crippen LogP contribution in [0.1, 0.15) is 79.5 Å². The van der Waals surface area contributed by atoms with E-state index in [0.29, 0.717) is 65.2 Å². The van der Waals surface area contributed by atoms with Crippen LogP contribution in [0.3, 0.4) is 0 Å². The molecule has 0 spiro atoms. The van der Waals surface area contributed by atoms with Crippen LogP contribution >= 0.6 is 12.4 Å². The maximum Gasteiger partial charge on any atom is 0.408 e. The van der Waals surface area contributed by atoms with Crippen LogP contribution in [0.15, 0.2) is 126 Å². The minimum atomic E-state index is -0.624. The molecule has 4 amide bonds. The van der Waals surface area contributed by atoms with Crippen LogP contribution < -0.4 is 48.0 Å². The number of halogens is 1. The second-order valence-electron chi connectivity index (χ2n) is 18.3. The molecule has 26 heteroatoms. The Bertz CT molecular complexity index is 3510. The summed E-state index contributed by atoms with van der Waals surface area (Å²) < 4.78 is 34.8. The average Bonchev–Trinajstić information content (AvgIpc) is 4.10. The van der Waals surface area contributed by atoms with Gasteiger partial charge in [-0.3, -0.25) is 38.1 Å². The van der Waals surface area contributed by atoms with Gasteiger partial charge in [-0.05, 0) is 96.1 Å². The first kappa shape index (κ1) is 58.7. The van der Waals surface area contributed by atoms with E-state index in [1.165, 1.54) is 61.2 Å². The van der Waals surface area contributed by atoms with Gasteiger partial charge in [0.25, 0.3) is 18.3 Å². The monoisotopic (exact) mass is 1080 g/mol. The summed E-state index contributed by atoms with van der Waals surface area (Å²) in [5, 5.41) is 19.4. The number of hydrogen-bond acceptors (Lipinski definition) is 19. The Hall–Kier alpha value is -9.23. The van der Waals surface area contributed by atoms with Crippen LogP contribution in [0.4, 0.5) is 9.59 Å². The molecule has 0 aliphatic rings. The SMILES string of the molecule is CC(C)(C)OC(=O)NCc1cc(=O)c2cc(C(=O)NCCn3cncn3)ccc2o1.CC(C)(C)OC(=O)NCc1cc(=O)c2cc(OC=O)ccc2o1.Cl.NCc1cc(=O)c2cc(C(=O)NCCn3cncn3)ccc2o1. The number of rotatable bonds is 15. The van der Waals surface area contributed by atoms with Crippen molar-refractivity contribution in [1.29, 1.82) is 0 Å². The van der Waals surface area contributed by atoms with E-state index >= 15 is 0 Å². The fourth-order valence-electron chi connectivity index (χ4n) is 6.70. The zero-order valence-corrected chi connectivity index (χ0v) is 43.5. The summed E-state index contributed by atoms with van der Waals surface area (Å²) in [6.45, 7) is 12.7. The molecular formula is C51H56ClN11O14. The van der Waals surface area contributed by atoms with Crippen LogP contribution in [-0.2, 0) is 47.0 Å². The zero-order valence-electron chi connectivity index (χ0n) is 42.6. The molecule has 0 saturated heterocycles. The number of aromatic nitrogens is 6. The molecule has 3 aromatic carbocycles. The van der Waals surface area contributed by atoms with E-state index in [1.807, 2.05) is 0 Å². The van der Waals surface area contributed by atoms with Gasteiger partial charge in [0.2, 0.25) is 0 Å². The van der Waals surface area contributed by atoms with Gasteiger partial charge in [0.1, 0.15) is 76.3 Å². The maximum absolute atomic E-state index is 12.5. The van der Waals surface area contributed by atoms with Gasteiger partial charge in [0, 0.05) is 42.4 Å². The third kappa shape index (κ3) is 18.0. The van der Waals surface area contributed by atoms with Crippen LogP contribution in [0, 0.1) is 0 Å². The lowest BCUT2D eigenvalue weighted by atomic mass is 10.1. The molecule has 5 heterocycles. The Kier molecular flexibility index (Phi) is 20.4. The first-order chi connectivity index (χ1) is 36.2. The van der Waals surface area contributed by atoms with Crippen LogP contribution in [0.5, 0.6) is 5.75 Å². The standard InChI is InChI=1S/C20H23N5O5.C16H17NO6.C15H15N5O3.ClH/c1-20(2,3)30-19(28)23-10-14-9-16(26)15-8-13(4-5-17(15)29-14)18(27)22-6-7-25-12-21-11-24-25;1-16(2,3)23-15(20)17-8-11-7-13(19)12-6-10(21-9-18)4-5-14(12)22-11;16-7-11-6-13(21)12-5-10(1-2-14(12)23-11)15(22)18-3-4-20-9-17-8-19-20;/h4-5,8-9,11-12H,6-7,10H2,1-3H3,(H,22,27)(H,23,28);4-7,9H,8H2,1-3H3,(H,17,20);1-2,5-6,8-9H,3-4,7,16H2,(H,18,22);1H. The molecule has 406 valence electrons. The number of benzene rings is 3. The summed E-state index contributed by atoms with van der Waals surface area (Å²) in [5.41, 5.74) is 5.21. The Morgan fingerprint density at radius 2 is 0.987 bits per heavy atom. The quantitative estimate of drug-likeness (QED) is 0.0853.